The summed E-state index contributed by atoms with van der Waals surface area (Å²) < 4.78 is 5.33. The van der Waals surface area contributed by atoms with Crippen molar-refractivity contribution in [1.29, 1.82) is 0 Å². The van der Waals surface area contributed by atoms with Crippen LogP contribution in [0, 0.1) is 6.92 Å². The van der Waals surface area contributed by atoms with Crippen LogP contribution in [0.2, 0.25) is 0 Å². The highest BCUT2D eigenvalue weighted by molar-refractivity contribution is 7.20. The molecule has 0 aliphatic carbocycles. The fourth-order valence-electron chi connectivity index (χ4n) is 2.80. The van der Waals surface area contributed by atoms with Crippen LogP contribution in [0.4, 0.5) is 5.82 Å². The molecule has 2 aromatic heterocycles. The Hall–Kier alpha value is -1.73. The first-order valence-corrected chi connectivity index (χ1v) is 8.80. The van der Waals surface area contributed by atoms with Gasteiger partial charge in [-0.2, -0.15) is 0 Å². The number of nitrogens with one attached hydrogen (secondary N) is 2. The van der Waals surface area contributed by atoms with Crippen molar-refractivity contribution >= 4 is 33.3 Å². The molecule has 1 fully saturated rings. The molecule has 2 N–H and O–H groups in total. The minimum Gasteiger partial charge on any atom is -0.459 e. The van der Waals surface area contributed by atoms with Crippen LogP contribution >= 0.6 is 11.3 Å². The van der Waals surface area contributed by atoms with Gasteiger partial charge < -0.3 is 15.4 Å². The number of aryl methyl sites for hydroxylation is 1. The molecule has 0 aromatic carbocycles. The maximum absolute atomic E-state index is 12.3. The average Bonchev–Trinajstić information content (AvgIpc) is 2.86. The van der Waals surface area contributed by atoms with E-state index >= 15 is 0 Å². The Morgan fingerprint density at radius 1 is 1.39 bits per heavy atom. The van der Waals surface area contributed by atoms with Crippen LogP contribution in [-0.4, -0.2) is 41.2 Å². The fraction of sp³-hybridized carbons (Fsp3) is 0.562. The van der Waals surface area contributed by atoms with Crippen molar-refractivity contribution in [3.63, 3.8) is 0 Å². The van der Waals surface area contributed by atoms with Gasteiger partial charge in [0.1, 0.15) is 21.9 Å². The smallest absolute Gasteiger partial charge is 0.348 e. The van der Waals surface area contributed by atoms with Gasteiger partial charge in [0.25, 0.3) is 0 Å². The lowest BCUT2D eigenvalue weighted by Gasteiger charge is -2.24. The monoisotopic (exact) mass is 334 g/mol. The lowest BCUT2D eigenvalue weighted by atomic mass is 10.1. The number of rotatable bonds is 4. The zero-order valence-electron chi connectivity index (χ0n) is 13.7. The first-order chi connectivity index (χ1) is 11.1. The molecule has 0 saturated carbocycles. The summed E-state index contributed by atoms with van der Waals surface area (Å²) in [6, 6.07) is 0.403. The van der Waals surface area contributed by atoms with Crippen LogP contribution in [-0.2, 0) is 4.74 Å². The lowest BCUT2D eigenvalue weighted by molar-refractivity contribution is 0.0383. The highest BCUT2D eigenvalue weighted by Gasteiger charge is 2.22. The number of anilines is 1. The predicted octanol–water partition coefficient (Wildman–Crippen LogP) is 2.73. The van der Waals surface area contributed by atoms with E-state index in [2.05, 4.69) is 20.6 Å². The van der Waals surface area contributed by atoms with E-state index in [1.807, 2.05) is 20.8 Å². The van der Waals surface area contributed by atoms with Gasteiger partial charge in [-0.3, -0.25) is 0 Å². The number of nitrogens with zero attached hydrogens (tertiary/aromatic N) is 2. The van der Waals surface area contributed by atoms with E-state index in [0.29, 0.717) is 10.9 Å². The van der Waals surface area contributed by atoms with E-state index in [4.69, 9.17) is 4.74 Å². The third-order valence-electron chi connectivity index (χ3n) is 3.93. The molecule has 2 aromatic rings. The minimum atomic E-state index is -0.284. The van der Waals surface area contributed by atoms with Crippen molar-refractivity contribution in [2.75, 3.05) is 18.4 Å². The van der Waals surface area contributed by atoms with Crippen LogP contribution in [0.5, 0.6) is 0 Å². The number of thiophene rings is 1. The average molecular weight is 334 g/mol. The predicted molar refractivity (Wildman–Crippen MR) is 92.2 cm³/mol. The van der Waals surface area contributed by atoms with Gasteiger partial charge in [0, 0.05) is 6.04 Å². The van der Waals surface area contributed by atoms with Gasteiger partial charge in [-0.1, -0.05) is 0 Å². The summed E-state index contributed by atoms with van der Waals surface area (Å²) in [6.07, 6.45) is 3.55. The van der Waals surface area contributed by atoms with E-state index in [1.165, 1.54) is 11.3 Å². The molecule has 6 nitrogen and oxygen atoms in total. The fourth-order valence-corrected chi connectivity index (χ4v) is 3.83. The van der Waals surface area contributed by atoms with E-state index in [-0.39, 0.29) is 12.1 Å². The number of esters is 1. The summed E-state index contributed by atoms with van der Waals surface area (Å²) in [7, 11) is 0. The first kappa shape index (κ1) is 16.1. The quantitative estimate of drug-likeness (QED) is 0.837. The molecule has 0 bridgehead atoms. The van der Waals surface area contributed by atoms with Gasteiger partial charge >= 0.3 is 5.97 Å². The molecular weight excluding hydrogens is 312 g/mol. The van der Waals surface area contributed by atoms with Crippen molar-refractivity contribution < 1.29 is 9.53 Å². The van der Waals surface area contributed by atoms with E-state index in [0.717, 1.165) is 47.5 Å². The van der Waals surface area contributed by atoms with Crippen molar-refractivity contribution in [3.8, 4) is 0 Å². The van der Waals surface area contributed by atoms with Crippen LogP contribution < -0.4 is 10.6 Å². The Morgan fingerprint density at radius 2 is 2.13 bits per heavy atom. The molecule has 3 heterocycles. The number of fused-ring (bicyclic) bond motifs is 1. The molecule has 1 aliphatic rings. The number of carbonyl (C=O) groups excluding carboxylic acids is 1. The van der Waals surface area contributed by atoms with Crippen molar-refractivity contribution in [1.82, 2.24) is 15.3 Å². The molecule has 0 atom stereocenters. The summed E-state index contributed by atoms with van der Waals surface area (Å²) in [5, 5.41) is 7.81. The van der Waals surface area contributed by atoms with Gasteiger partial charge in [-0.05, 0) is 52.3 Å². The molecule has 0 radical (unpaired) electrons. The number of aromatic nitrogens is 2. The Kier molecular flexibility index (Phi) is 4.77. The van der Waals surface area contributed by atoms with Crippen LogP contribution in [0.3, 0.4) is 0 Å². The standard InChI is InChI=1S/C16H22N4O2S/c1-9(2)22-16(21)13-10(3)12-14(18-8-19-15(12)23-13)20-11-4-6-17-7-5-11/h8-9,11,17H,4-7H2,1-3H3,(H,18,19,20). The Bertz CT molecular complexity index is 707. The highest BCUT2D eigenvalue weighted by atomic mass is 32.1. The maximum atomic E-state index is 12.3. The SMILES string of the molecule is Cc1c(C(=O)OC(C)C)sc2ncnc(NC3CCNCC3)c12. The maximum Gasteiger partial charge on any atom is 0.348 e. The van der Waals surface area contributed by atoms with Crippen LogP contribution in [0.25, 0.3) is 10.2 Å². The van der Waals surface area contributed by atoms with Crippen LogP contribution in [0.15, 0.2) is 6.33 Å². The van der Waals surface area contributed by atoms with E-state index < -0.39 is 0 Å². The lowest BCUT2D eigenvalue weighted by Crippen LogP contribution is -2.35. The number of carbonyl (C=O) groups is 1. The molecular formula is C16H22N4O2S. The summed E-state index contributed by atoms with van der Waals surface area (Å²) in [5.41, 5.74) is 0.896. The van der Waals surface area contributed by atoms with Gasteiger partial charge in [0.15, 0.2) is 0 Å². The zero-order valence-corrected chi connectivity index (χ0v) is 14.5. The molecule has 3 rings (SSSR count). The molecule has 7 heteroatoms. The minimum absolute atomic E-state index is 0.134. The van der Waals surface area contributed by atoms with Crippen molar-refractivity contribution in [3.05, 3.63) is 16.8 Å². The van der Waals surface area contributed by atoms with Gasteiger partial charge in [-0.15, -0.1) is 11.3 Å². The van der Waals surface area contributed by atoms with Gasteiger partial charge in [0.05, 0.1) is 11.5 Å². The summed E-state index contributed by atoms with van der Waals surface area (Å²) >= 11 is 1.37. The number of hydrogen-bond donors (Lipinski definition) is 2. The number of ether oxygens (including phenoxy) is 1. The number of hydrogen-bond acceptors (Lipinski definition) is 7. The van der Waals surface area contributed by atoms with Crippen LogP contribution in [0.1, 0.15) is 41.9 Å². The van der Waals surface area contributed by atoms with Crippen molar-refractivity contribution in [2.45, 2.75) is 45.8 Å². The van der Waals surface area contributed by atoms with Gasteiger partial charge in [0.2, 0.25) is 0 Å². The largest absolute Gasteiger partial charge is 0.459 e. The third kappa shape index (κ3) is 3.45. The number of piperidine rings is 1. The molecule has 0 unspecified atom stereocenters. The molecule has 0 amide bonds. The van der Waals surface area contributed by atoms with E-state index in [9.17, 15) is 4.79 Å². The molecule has 23 heavy (non-hydrogen) atoms. The molecule has 0 spiro atoms. The summed E-state index contributed by atoms with van der Waals surface area (Å²) in [5.74, 6) is 0.535. The summed E-state index contributed by atoms with van der Waals surface area (Å²) in [4.78, 5) is 22.4. The zero-order chi connectivity index (χ0) is 16.4. The molecule has 1 aliphatic heterocycles. The van der Waals surface area contributed by atoms with Gasteiger partial charge in [-0.25, -0.2) is 14.8 Å². The Labute approximate surface area is 139 Å². The second-order valence-electron chi connectivity index (χ2n) is 6.08. The Balaban J connectivity index is 1.93. The summed E-state index contributed by atoms with van der Waals surface area (Å²) in [6.45, 7) is 7.67. The first-order valence-electron chi connectivity index (χ1n) is 7.98. The van der Waals surface area contributed by atoms with E-state index in [1.54, 1.807) is 6.33 Å². The topological polar surface area (TPSA) is 76.1 Å². The third-order valence-corrected chi connectivity index (χ3v) is 5.11. The van der Waals surface area contributed by atoms with Crippen molar-refractivity contribution in [2.24, 2.45) is 0 Å². The second-order valence-corrected chi connectivity index (χ2v) is 7.08. The highest BCUT2D eigenvalue weighted by Crippen LogP contribution is 2.34. The molecule has 124 valence electrons. The Morgan fingerprint density at radius 3 is 2.83 bits per heavy atom. The normalized spacial score (nSPS) is 16.0. The molecule has 1 saturated heterocycles. The second kappa shape index (κ2) is 6.80.